The largest absolute Gasteiger partial charge is 0.383 e. The van der Waals surface area contributed by atoms with E-state index >= 15 is 0 Å². The molecule has 6 nitrogen and oxygen atoms in total. The number of pyridine rings is 1. The van der Waals surface area contributed by atoms with Gasteiger partial charge in [0.2, 0.25) is 0 Å². The van der Waals surface area contributed by atoms with Gasteiger partial charge in [-0.05, 0) is 31.5 Å². The number of nitrogens with zero attached hydrogens (tertiary/aromatic N) is 4. The van der Waals surface area contributed by atoms with Crippen molar-refractivity contribution < 1.29 is 0 Å². The zero-order valence-corrected chi connectivity index (χ0v) is 13.2. The molecule has 0 atom stereocenters. The third kappa shape index (κ3) is 2.57. The third-order valence-corrected chi connectivity index (χ3v) is 3.86. The van der Waals surface area contributed by atoms with Gasteiger partial charge in [-0.3, -0.25) is 4.68 Å². The van der Waals surface area contributed by atoms with Crippen LogP contribution in [0, 0.1) is 18.3 Å². The van der Waals surface area contributed by atoms with Crippen LogP contribution in [0.1, 0.15) is 24.6 Å². The lowest BCUT2D eigenvalue weighted by molar-refractivity contribution is 0.587. The normalized spacial score (nSPS) is 10.7. The molecule has 3 N–H and O–H groups in total. The molecular weight excluding hydrogens is 288 g/mol. The standard InChI is InChI=1S/C17H18N6/c1-3-7-23-11(2)14(10-21-23)16-8-12(15-5-4-6-20-15)13(9-18)17(19)22-16/h4-6,8,10,20H,3,7H2,1-2H3,(H2,19,22). The maximum absolute atomic E-state index is 9.39. The van der Waals surface area contributed by atoms with Crippen LogP contribution in [0.2, 0.25) is 0 Å². The fourth-order valence-electron chi connectivity index (χ4n) is 2.67. The van der Waals surface area contributed by atoms with E-state index < -0.39 is 0 Å². The fraction of sp³-hybridized carbons (Fsp3) is 0.235. The molecule has 3 rings (SSSR count). The summed E-state index contributed by atoms with van der Waals surface area (Å²) in [7, 11) is 0. The van der Waals surface area contributed by atoms with Crippen LogP contribution in [0.15, 0.2) is 30.6 Å². The molecule has 0 radical (unpaired) electrons. The van der Waals surface area contributed by atoms with Crippen molar-refractivity contribution in [2.45, 2.75) is 26.8 Å². The van der Waals surface area contributed by atoms with Crippen molar-refractivity contribution in [1.82, 2.24) is 19.7 Å². The van der Waals surface area contributed by atoms with E-state index in [1.807, 2.05) is 36.0 Å². The van der Waals surface area contributed by atoms with Crippen LogP contribution in [0.3, 0.4) is 0 Å². The number of nitrogens with one attached hydrogen (secondary N) is 1. The number of nitriles is 1. The quantitative estimate of drug-likeness (QED) is 0.774. The Morgan fingerprint density at radius 3 is 2.87 bits per heavy atom. The van der Waals surface area contributed by atoms with Crippen LogP contribution in [0.4, 0.5) is 5.82 Å². The molecule has 0 aliphatic rings. The van der Waals surface area contributed by atoms with Gasteiger partial charge in [0.15, 0.2) is 0 Å². The summed E-state index contributed by atoms with van der Waals surface area (Å²) in [6, 6.07) is 7.83. The second-order valence-electron chi connectivity index (χ2n) is 5.38. The van der Waals surface area contributed by atoms with Gasteiger partial charge in [-0.25, -0.2) is 4.98 Å². The highest BCUT2D eigenvalue weighted by Gasteiger charge is 2.16. The van der Waals surface area contributed by atoms with Crippen LogP contribution in [0.5, 0.6) is 0 Å². The van der Waals surface area contributed by atoms with E-state index in [0.717, 1.165) is 41.2 Å². The smallest absolute Gasteiger partial charge is 0.142 e. The van der Waals surface area contributed by atoms with Crippen molar-refractivity contribution in [2.24, 2.45) is 0 Å². The summed E-state index contributed by atoms with van der Waals surface area (Å²) in [4.78, 5) is 7.53. The van der Waals surface area contributed by atoms with Gasteiger partial charge in [0.05, 0.1) is 11.9 Å². The number of nitrogens with two attached hydrogens (primary N) is 1. The van der Waals surface area contributed by atoms with Gasteiger partial charge in [0.1, 0.15) is 17.5 Å². The van der Waals surface area contributed by atoms with Gasteiger partial charge in [-0.1, -0.05) is 6.92 Å². The highest BCUT2D eigenvalue weighted by Crippen LogP contribution is 2.31. The maximum atomic E-state index is 9.39. The lowest BCUT2D eigenvalue weighted by atomic mass is 10.0. The van der Waals surface area contributed by atoms with E-state index in [9.17, 15) is 5.26 Å². The SMILES string of the molecule is CCCn1ncc(-c2cc(-c3ccc[nH]3)c(C#N)c(N)n2)c1C. The summed E-state index contributed by atoms with van der Waals surface area (Å²) in [5.41, 5.74) is 10.7. The molecule has 0 saturated heterocycles. The number of H-pyrrole nitrogens is 1. The van der Waals surface area contributed by atoms with Crippen molar-refractivity contribution in [3.05, 3.63) is 41.9 Å². The van der Waals surface area contributed by atoms with Crippen LogP contribution < -0.4 is 5.73 Å². The number of rotatable bonds is 4. The van der Waals surface area contributed by atoms with Crippen LogP contribution >= 0.6 is 0 Å². The van der Waals surface area contributed by atoms with E-state index in [1.54, 1.807) is 6.20 Å². The highest BCUT2D eigenvalue weighted by molar-refractivity contribution is 5.78. The number of hydrogen-bond acceptors (Lipinski definition) is 4. The predicted octanol–water partition coefficient (Wildman–Crippen LogP) is 3.11. The number of aromatic nitrogens is 4. The van der Waals surface area contributed by atoms with E-state index in [2.05, 4.69) is 28.1 Å². The second kappa shape index (κ2) is 5.97. The molecule has 0 saturated carbocycles. The van der Waals surface area contributed by atoms with E-state index in [-0.39, 0.29) is 5.82 Å². The van der Waals surface area contributed by atoms with Crippen LogP contribution in [-0.2, 0) is 6.54 Å². The molecule has 116 valence electrons. The molecule has 6 heteroatoms. The van der Waals surface area contributed by atoms with Crippen molar-refractivity contribution in [3.8, 4) is 28.6 Å². The van der Waals surface area contributed by atoms with E-state index in [4.69, 9.17) is 5.73 Å². The average Bonchev–Trinajstić information content (AvgIpc) is 3.18. The Kier molecular flexibility index (Phi) is 3.85. The Morgan fingerprint density at radius 2 is 2.22 bits per heavy atom. The summed E-state index contributed by atoms with van der Waals surface area (Å²) in [6.07, 6.45) is 4.63. The number of aryl methyl sites for hydroxylation is 1. The molecule has 0 unspecified atom stereocenters. The zero-order valence-electron chi connectivity index (χ0n) is 13.2. The average molecular weight is 306 g/mol. The van der Waals surface area contributed by atoms with Gasteiger partial charge < -0.3 is 10.7 Å². The summed E-state index contributed by atoms with van der Waals surface area (Å²) in [6.45, 7) is 4.99. The number of nitrogen functional groups attached to an aromatic ring is 1. The van der Waals surface area contributed by atoms with Gasteiger partial charge in [0.25, 0.3) is 0 Å². The van der Waals surface area contributed by atoms with Crippen molar-refractivity contribution in [2.75, 3.05) is 5.73 Å². The van der Waals surface area contributed by atoms with E-state index in [1.165, 1.54) is 0 Å². The molecule has 0 aliphatic heterocycles. The molecule has 0 amide bonds. The summed E-state index contributed by atoms with van der Waals surface area (Å²) in [5.74, 6) is 0.234. The van der Waals surface area contributed by atoms with Crippen molar-refractivity contribution in [3.63, 3.8) is 0 Å². The zero-order chi connectivity index (χ0) is 16.4. The number of aromatic amines is 1. The van der Waals surface area contributed by atoms with Gasteiger partial charge in [0, 0.05) is 35.3 Å². The Morgan fingerprint density at radius 1 is 1.39 bits per heavy atom. The van der Waals surface area contributed by atoms with Gasteiger partial charge in [-0.15, -0.1) is 0 Å². The first-order valence-corrected chi connectivity index (χ1v) is 7.52. The van der Waals surface area contributed by atoms with Crippen molar-refractivity contribution >= 4 is 5.82 Å². The lowest BCUT2D eigenvalue weighted by Gasteiger charge is -2.09. The minimum atomic E-state index is 0.234. The highest BCUT2D eigenvalue weighted by atomic mass is 15.3. The molecule has 3 aromatic heterocycles. The maximum Gasteiger partial charge on any atom is 0.142 e. The molecule has 0 bridgehead atoms. The number of anilines is 1. The summed E-state index contributed by atoms with van der Waals surface area (Å²) in [5, 5.41) is 13.8. The Balaban J connectivity index is 2.17. The minimum absolute atomic E-state index is 0.234. The van der Waals surface area contributed by atoms with Gasteiger partial charge >= 0.3 is 0 Å². The third-order valence-electron chi connectivity index (χ3n) is 3.86. The Hall–Kier alpha value is -3.07. The topological polar surface area (TPSA) is 96.3 Å². The minimum Gasteiger partial charge on any atom is -0.383 e. The molecule has 0 aliphatic carbocycles. The fourth-order valence-corrected chi connectivity index (χ4v) is 2.67. The molecule has 0 fully saturated rings. The Labute approximate surface area is 134 Å². The van der Waals surface area contributed by atoms with Crippen LogP contribution in [-0.4, -0.2) is 19.7 Å². The first kappa shape index (κ1) is 14.9. The predicted molar refractivity (Wildman–Crippen MR) is 89.4 cm³/mol. The van der Waals surface area contributed by atoms with E-state index in [0.29, 0.717) is 5.56 Å². The second-order valence-corrected chi connectivity index (χ2v) is 5.38. The Bertz CT molecular complexity index is 867. The molecule has 0 spiro atoms. The molecule has 3 heterocycles. The molecular formula is C17H18N6. The summed E-state index contributed by atoms with van der Waals surface area (Å²) >= 11 is 0. The summed E-state index contributed by atoms with van der Waals surface area (Å²) < 4.78 is 1.96. The molecule has 3 aromatic rings. The first-order valence-electron chi connectivity index (χ1n) is 7.52. The van der Waals surface area contributed by atoms with Gasteiger partial charge in [-0.2, -0.15) is 10.4 Å². The molecule has 23 heavy (non-hydrogen) atoms. The molecule has 0 aromatic carbocycles. The van der Waals surface area contributed by atoms with Crippen LogP contribution in [0.25, 0.3) is 22.5 Å². The van der Waals surface area contributed by atoms with Crippen molar-refractivity contribution in [1.29, 1.82) is 5.26 Å². The number of hydrogen-bond donors (Lipinski definition) is 2. The monoisotopic (exact) mass is 306 g/mol. The first-order chi connectivity index (χ1) is 11.2. The lowest BCUT2D eigenvalue weighted by Crippen LogP contribution is -2.02.